The van der Waals surface area contributed by atoms with Crippen LogP contribution in [0.15, 0.2) is 0 Å². The van der Waals surface area contributed by atoms with Crippen molar-refractivity contribution >= 4 is 5.97 Å². The third-order valence-corrected chi connectivity index (χ3v) is 2.00. The Kier molecular flexibility index (Phi) is 2.83. The van der Waals surface area contributed by atoms with E-state index >= 15 is 0 Å². The lowest BCUT2D eigenvalue weighted by atomic mass is 9.91. The maximum absolute atomic E-state index is 11.0. The van der Waals surface area contributed by atoms with Gasteiger partial charge in [-0.05, 0) is 13.8 Å². The summed E-state index contributed by atoms with van der Waals surface area (Å²) in [6.45, 7) is 9.60. The van der Waals surface area contributed by atoms with Gasteiger partial charge in [-0.2, -0.15) is 9.90 Å². The molecule has 0 bridgehead atoms. The number of hydrogen-bond donors (Lipinski definition) is 1. The molecule has 0 radical (unpaired) electrons. The van der Waals surface area contributed by atoms with E-state index in [1.807, 2.05) is 34.6 Å². The highest BCUT2D eigenvalue weighted by atomic mass is 16.4. The molecule has 1 N–H and O–H groups in total. The van der Waals surface area contributed by atoms with Crippen LogP contribution < -0.4 is 0 Å². The van der Waals surface area contributed by atoms with Gasteiger partial charge in [0.15, 0.2) is 5.69 Å². The minimum Gasteiger partial charge on any atom is -0.476 e. The van der Waals surface area contributed by atoms with Gasteiger partial charge >= 0.3 is 5.97 Å². The molecule has 15 heavy (non-hydrogen) atoms. The van der Waals surface area contributed by atoms with E-state index in [0.29, 0.717) is 5.69 Å². The van der Waals surface area contributed by atoms with E-state index in [1.54, 1.807) is 0 Å². The smallest absolute Gasteiger partial charge is 0.358 e. The monoisotopic (exact) mass is 211 g/mol. The Morgan fingerprint density at radius 3 is 2.13 bits per heavy atom. The van der Waals surface area contributed by atoms with Gasteiger partial charge in [0, 0.05) is 5.41 Å². The minimum atomic E-state index is -1.02. The van der Waals surface area contributed by atoms with Gasteiger partial charge in [-0.25, -0.2) is 4.79 Å². The average molecular weight is 211 g/mol. The molecule has 0 saturated carbocycles. The van der Waals surface area contributed by atoms with Crippen molar-refractivity contribution in [2.75, 3.05) is 0 Å². The largest absolute Gasteiger partial charge is 0.476 e. The molecule has 5 nitrogen and oxygen atoms in total. The lowest BCUT2D eigenvalue weighted by molar-refractivity contribution is 0.0686. The molecular formula is C10H17N3O2. The Bertz CT molecular complexity index is 375. The number of carboxylic acid groups (broad SMARTS) is 1. The molecule has 1 aromatic rings. The summed E-state index contributed by atoms with van der Waals surface area (Å²) < 4.78 is 0. The van der Waals surface area contributed by atoms with E-state index in [-0.39, 0.29) is 17.2 Å². The van der Waals surface area contributed by atoms with Crippen LogP contribution in [-0.4, -0.2) is 26.1 Å². The van der Waals surface area contributed by atoms with Crippen molar-refractivity contribution in [2.45, 2.75) is 46.1 Å². The molecule has 84 valence electrons. The molecule has 0 atom stereocenters. The molecule has 0 spiro atoms. The van der Waals surface area contributed by atoms with Crippen molar-refractivity contribution in [2.24, 2.45) is 0 Å². The van der Waals surface area contributed by atoms with Crippen LogP contribution in [0.3, 0.4) is 0 Å². The Morgan fingerprint density at radius 2 is 1.87 bits per heavy atom. The summed E-state index contributed by atoms with van der Waals surface area (Å²) in [5, 5.41) is 17.2. The number of aromatic nitrogens is 3. The zero-order valence-electron chi connectivity index (χ0n) is 9.77. The van der Waals surface area contributed by atoms with Gasteiger partial charge in [0.2, 0.25) is 0 Å². The van der Waals surface area contributed by atoms with Crippen LogP contribution in [-0.2, 0) is 5.41 Å². The molecule has 0 fully saturated rings. The van der Waals surface area contributed by atoms with E-state index in [1.165, 1.54) is 4.80 Å². The van der Waals surface area contributed by atoms with Crippen molar-refractivity contribution < 1.29 is 9.90 Å². The summed E-state index contributed by atoms with van der Waals surface area (Å²) in [5.41, 5.74) is 0.279. The second-order valence-electron chi connectivity index (χ2n) is 4.87. The highest BCUT2D eigenvalue weighted by Gasteiger charge is 2.28. The van der Waals surface area contributed by atoms with Crippen molar-refractivity contribution in [1.29, 1.82) is 0 Å². The molecule has 0 amide bonds. The van der Waals surface area contributed by atoms with Crippen molar-refractivity contribution in [3.63, 3.8) is 0 Å². The van der Waals surface area contributed by atoms with Crippen LogP contribution in [0.4, 0.5) is 0 Å². The highest BCUT2D eigenvalue weighted by Crippen LogP contribution is 2.23. The molecule has 1 heterocycles. The maximum Gasteiger partial charge on any atom is 0.358 e. The first kappa shape index (κ1) is 11.7. The summed E-state index contributed by atoms with van der Waals surface area (Å²) in [4.78, 5) is 12.4. The maximum atomic E-state index is 11.0. The number of nitrogens with zero attached hydrogens (tertiary/aromatic N) is 3. The summed E-state index contributed by atoms with van der Waals surface area (Å²) in [7, 11) is 0. The standard InChI is InChI=1S/C10H17N3O2/c1-6(2)13-11-7(9(14)15)8(12-13)10(3,4)5/h6H,1-5H3,(H,14,15). The normalized spacial score (nSPS) is 12.1. The van der Waals surface area contributed by atoms with Crippen LogP contribution in [0.1, 0.15) is 56.8 Å². The van der Waals surface area contributed by atoms with Gasteiger partial charge in [0.25, 0.3) is 0 Å². The fraction of sp³-hybridized carbons (Fsp3) is 0.700. The second-order valence-corrected chi connectivity index (χ2v) is 4.87. The number of carbonyl (C=O) groups is 1. The molecule has 1 rings (SSSR count). The van der Waals surface area contributed by atoms with E-state index in [4.69, 9.17) is 5.11 Å². The van der Waals surface area contributed by atoms with Crippen LogP contribution >= 0.6 is 0 Å². The number of rotatable bonds is 2. The first-order chi connectivity index (χ1) is 6.73. The zero-order chi connectivity index (χ0) is 11.8. The van der Waals surface area contributed by atoms with Gasteiger partial charge in [-0.1, -0.05) is 20.8 Å². The van der Waals surface area contributed by atoms with E-state index < -0.39 is 5.97 Å². The summed E-state index contributed by atoms with van der Waals surface area (Å²) in [6.07, 6.45) is 0. The molecule has 0 saturated heterocycles. The third kappa shape index (κ3) is 2.34. The Morgan fingerprint density at radius 1 is 1.33 bits per heavy atom. The van der Waals surface area contributed by atoms with Gasteiger partial charge in [-0.15, -0.1) is 5.10 Å². The Labute approximate surface area is 89.1 Å². The quantitative estimate of drug-likeness (QED) is 0.810. The topological polar surface area (TPSA) is 68.0 Å². The first-order valence-electron chi connectivity index (χ1n) is 4.94. The lowest BCUT2D eigenvalue weighted by Crippen LogP contribution is -2.17. The SMILES string of the molecule is CC(C)n1nc(C(=O)O)c(C(C)(C)C)n1. The molecule has 5 heteroatoms. The molecule has 0 aliphatic rings. The third-order valence-electron chi connectivity index (χ3n) is 2.00. The second kappa shape index (κ2) is 3.64. The Balaban J connectivity index is 3.30. The fourth-order valence-corrected chi connectivity index (χ4v) is 1.20. The number of hydrogen-bond acceptors (Lipinski definition) is 3. The molecule has 0 aromatic carbocycles. The molecular weight excluding hydrogens is 194 g/mol. The highest BCUT2D eigenvalue weighted by molar-refractivity contribution is 5.86. The lowest BCUT2D eigenvalue weighted by Gasteiger charge is -2.14. The summed E-state index contributed by atoms with van der Waals surface area (Å²) in [5.74, 6) is -1.02. The van der Waals surface area contributed by atoms with E-state index in [2.05, 4.69) is 10.2 Å². The number of aromatic carboxylic acids is 1. The average Bonchev–Trinajstić information content (AvgIpc) is 2.45. The van der Waals surface area contributed by atoms with Crippen molar-refractivity contribution in [3.8, 4) is 0 Å². The van der Waals surface area contributed by atoms with E-state index in [0.717, 1.165) is 0 Å². The molecule has 0 aliphatic carbocycles. The molecule has 0 aliphatic heterocycles. The number of carboxylic acids is 1. The van der Waals surface area contributed by atoms with Gasteiger partial charge < -0.3 is 5.11 Å². The first-order valence-corrected chi connectivity index (χ1v) is 4.94. The predicted octanol–water partition coefficient (Wildman–Crippen LogP) is 1.85. The van der Waals surface area contributed by atoms with Gasteiger partial charge in [0.05, 0.1) is 6.04 Å². The molecule has 0 unspecified atom stereocenters. The van der Waals surface area contributed by atoms with Crippen LogP contribution in [0.2, 0.25) is 0 Å². The summed E-state index contributed by atoms with van der Waals surface area (Å²) >= 11 is 0. The fourth-order valence-electron chi connectivity index (χ4n) is 1.20. The van der Waals surface area contributed by atoms with Crippen molar-refractivity contribution in [1.82, 2.24) is 15.0 Å². The Hall–Kier alpha value is -1.39. The zero-order valence-corrected chi connectivity index (χ0v) is 9.77. The van der Waals surface area contributed by atoms with Crippen molar-refractivity contribution in [3.05, 3.63) is 11.4 Å². The van der Waals surface area contributed by atoms with Gasteiger partial charge in [0.1, 0.15) is 5.69 Å². The van der Waals surface area contributed by atoms with Gasteiger partial charge in [-0.3, -0.25) is 0 Å². The van der Waals surface area contributed by atoms with Crippen LogP contribution in [0.25, 0.3) is 0 Å². The van der Waals surface area contributed by atoms with Crippen LogP contribution in [0.5, 0.6) is 0 Å². The molecule has 1 aromatic heterocycles. The summed E-state index contributed by atoms with van der Waals surface area (Å²) in [6, 6.07) is 0.0687. The van der Waals surface area contributed by atoms with Crippen LogP contribution in [0, 0.1) is 0 Å². The predicted molar refractivity (Wildman–Crippen MR) is 56.1 cm³/mol. The van der Waals surface area contributed by atoms with E-state index in [9.17, 15) is 4.79 Å². The minimum absolute atomic E-state index is 0.0520.